The van der Waals surface area contributed by atoms with Crippen molar-refractivity contribution in [3.05, 3.63) is 212 Å². The van der Waals surface area contributed by atoms with Crippen molar-refractivity contribution >= 4 is 71.3 Å². The molecule has 11 rings (SSSR count). The molecule has 11 aromatic rings. The van der Waals surface area contributed by atoms with E-state index in [1.54, 1.807) is 66.7 Å². The summed E-state index contributed by atoms with van der Waals surface area (Å²) in [6.45, 7) is 0. The summed E-state index contributed by atoms with van der Waals surface area (Å²) in [6.07, 6.45) is 0. The smallest absolute Gasteiger partial charge is 0.137 e. The lowest BCUT2D eigenvalue weighted by Gasteiger charge is -2.26. The highest BCUT2D eigenvalue weighted by Gasteiger charge is 2.20. The van der Waals surface area contributed by atoms with Crippen molar-refractivity contribution in [1.82, 2.24) is 0 Å². The van der Waals surface area contributed by atoms with Crippen LogP contribution in [0.4, 0.5) is 17.1 Å². The Morgan fingerprint density at radius 1 is 0.339 bits per heavy atom. The molecule has 0 aliphatic rings. The van der Waals surface area contributed by atoms with Crippen LogP contribution in [0, 0.1) is 0 Å². The van der Waals surface area contributed by atoms with Gasteiger partial charge in [0.05, 0.1) is 27.5 Å². The molecule has 0 unspecified atom stereocenters. The minimum absolute atomic E-state index is 0.0124. The van der Waals surface area contributed by atoms with Gasteiger partial charge in [0, 0.05) is 16.8 Å². The van der Waals surface area contributed by atoms with Gasteiger partial charge in [0.15, 0.2) is 0 Å². The minimum atomic E-state index is -0.706. The first kappa shape index (κ1) is 22.1. The van der Waals surface area contributed by atoms with Gasteiger partial charge in [-0.25, -0.2) is 0 Å². The van der Waals surface area contributed by atoms with Crippen LogP contribution in [0.25, 0.3) is 87.6 Å². The molecule has 2 nitrogen and oxygen atoms in total. The Morgan fingerprint density at radius 2 is 0.821 bits per heavy atom. The lowest BCUT2D eigenvalue weighted by molar-refractivity contribution is 0.669. The van der Waals surface area contributed by atoms with E-state index in [2.05, 4.69) is 0 Å². The van der Waals surface area contributed by atoms with E-state index in [4.69, 9.17) is 4.42 Å². The molecule has 2 heteroatoms. The number of anilines is 3. The summed E-state index contributed by atoms with van der Waals surface area (Å²) >= 11 is 0. The Kier molecular flexibility index (Phi) is 5.19. The fourth-order valence-electron chi connectivity index (χ4n) is 7.66. The highest BCUT2D eigenvalue weighted by molar-refractivity contribution is 6.14. The Bertz CT molecular complexity index is 3880. The zero-order valence-electron chi connectivity index (χ0n) is 41.6. The molecule has 10 aromatic carbocycles. The van der Waals surface area contributed by atoms with Crippen LogP contribution >= 0.6 is 0 Å². The molecule has 0 aliphatic carbocycles. The molecule has 1 heterocycles. The van der Waals surface area contributed by atoms with Crippen molar-refractivity contribution in [2.75, 3.05) is 4.90 Å². The van der Waals surface area contributed by atoms with E-state index in [0.29, 0.717) is 43.8 Å². The predicted molar refractivity (Wildman–Crippen MR) is 237 cm³/mol. The summed E-state index contributed by atoms with van der Waals surface area (Å²) in [6, 6.07) is 35.3. The maximum atomic E-state index is 9.69. The van der Waals surface area contributed by atoms with Gasteiger partial charge in [0.1, 0.15) is 11.2 Å². The van der Waals surface area contributed by atoms with Crippen molar-refractivity contribution in [1.29, 1.82) is 0 Å². The molecule has 0 radical (unpaired) electrons. The van der Waals surface area contributed by atoms with Crippen LogP contribution in [-0.2, 0) is 0 Å². The van der Waals surface area contributed by atoms with Crippen LogP contribution in [0.15, 0.2) is 216 Å². The lowest BCUT2D eigenvalue weighted by Crippen LogP contribution is -2.10. The average molecular weight is 726 g/mol. The summed E-state index contributed by atoms with van der Waals surface area (Å²) in [7, 11) is 0. The second-order valence-corrected chi connectivity index (χ2v) is 13.5. The van der Waals surface area contributed by atoms with Crippen LogP contribution < -0.4 is 4.90 Å². The van der Waals surface area contributed by atoms with Crippen LogP contribution in [-0.4, -0.2) is 0 Å². The van der Waals surface area contributed by atoms with Gasteiger partial charge in [0.25, 0.3) is 0 Å². The van der Waals surface area contributed by atoms with Gasteiger partial charge >= 0.3 is 0 Å². The van der Waals surface area contributed by atoms with E-state index in [0.717, 1.165) is 21.5 Å². The van der Waals surface area contributed by atoms with E-state index in [1.807, 2.05) is 72.8 Å². The fourth-order valence-corrected chi connectivity index (χ4v) is 7.66. The minimum Gasteiger partial charge on any atom is -0.456 e. The summed E-state index contributed by atoms with van der Waals surface area (Å²) in [4.78, 5) is 1.21. The van der Waals surface area contributed by atoms with Gasteiger partial charge in [0.2, 0.25) is 0 Å². The maximum Gasteiger partial charge on any atom is 0.137 e. The number of hydrogen-bond acceptors (Lipinski definition) is 2. The molecule has 0 fully saturated rings. The van der Waals surface area contributed by atoms with Crippen molar-refractivity contribution in [2.24, 2.45) is 0 Å². The molecule has 56 heavy (non-hydrogen) atoms. The Labute approximate surface area is 342 Å². The van der Waals surface area contributed by atoms with Gasteiger partial charge in [-0.2, -0.15) is 0 Å². The van der Waals surface area contributed by atoms with Crippen molar-refractivity contribution in [2.45, 2.75) is 0 Å². The molecule has 0 saturated carbocycles. The number of rotatable bonds is 6. The van der Waals surface area contributed by atoms with Crippen LogP contribution in [0.3, 0.4) is 0 Å². The van der Waals surface area contributed by atoms with E-state index >= 15 is 0 Å². The first-order valence-electron chi connectivity index (χ1n) is 24.2. The van der Waals surface area contributed by atoms with Gasteiger partial charge in [-0.15, -0.1) is 0 Å². The van der Waals surface area contributed by atoms with Gasteiger partial charge in [-0.3, -0.25) is 0 Å². The topological polar surface area (TPSA) is 16.4 Å². The monoisotopic (exact) mass is 725 g/mol. The van der Waals surface area contributed by atoms with E-state index in [-0.39, 0.29) is 22.5 Å². The zero-order chi connectivity index (χ0) is 47.4. The van der Waals surface area contributed by atoms with Gasteiger partial charge in [-0.05, 0) is 108 Å². The molecule has 0 N–H and O–H groups in total. The van der Waals surface area contributed by atoms with E-state index in [1.165, 1.54) is 4.90 Å². The third-order valence-corrected chi connectivity index (χ3v) is 10.3. The van der Waals surface area contributed by atoms with Crippen LogP contribution in [0.1, 0.15) is 16.4 Å². The number of nitrogens with zero attached hydrogens (tertiary/aromatic N) is 1. The molecule has 0 amide bonds. The normalized spacial score (nSPS) is 14.6. The van der Waals surface area contributed by atoms with Crippen LogP contribution in [0.5, 0.6) is 0 Å². The first-order valence-corrected chi connectivity index (χ1v) is 18.2. The number of benzene rings is 10. The van der Waals surface area contributed by atoms with Crippen molar-refractivity contribution < 1.29 is 20.9 Å². The quantitative estimate of drug-likeness (QED) is 0.159. The largest absolute Gasteiger partial charge is 0.456 e. The molecule has 0 atom stereocenters. The number of furan rings is 1. The molecule has 1 aromatic heterocycles. The lowest BCUT2D eigenvalue weighted by atomic mass is 9.93. The maximum absolute atomic E-state index is 9.69. The third kappa shape index (κ3) is 5.34. The summed E-state index contributed by atoms with van der Waals surface area (Å²) in [5.41, 5.74) is 0.294. The fraction of sp³-hybridized carbons (Fsp3) is 0. The Morgan fingerprint density at radius 3 is 1.55 bits per heavy atom. The first-order chi connectivity index (χ1) is 32.8. The highest BCUT2D eigenvalue weighted by Crippen LogP contribution is 2.44. The Balaban J connectivity index is 1.17. The molecule has 0 aliphatic heterocycles. The highest BCUT2D eigenvalue weighted by atomic mass is 16.3. The second kappa shape index (κ2) is 13.2. The van der Waals surface area contributed by atoms with Crippen molar-refractivity contribution in [3.8, 4) is 33.4 Å². The average Bonchev–Trinajstić information content (AvgIpc) is 3.74. The summed E-state index contributed by atoms with van der Waals surface area (Å²) in [5.74, 6) is 0. The van der Waals surface area contributed by atoms with E-state index < -0.39 is 89.3 Å². The number of para-hydroxylation sites is 1. The molecular formula is C54H35NO. The predicted octanol–water partition coefficient (Wildman–Crippen LogP) is 15.5. The number of hydrogen-bond donors (Lipinski definition) is 0. The van der Waals surface area contributed by atoms with Crippen LogP contribution in [0.2, 0.25) is 0 Å². The molecule has 0 bridgehead atoms. The molecule has 262 valence electrons. The second-order valence-electron chi connectivity index (χ2n) is 13.5. The van der Waals surface area contributed by atoms with E-state index in [9.17, 15) is 16.4 Å². The molecule has 0 spiro atoms. The molecule has 0 saturated heterocycles. The Hall–Kier alpha value is -7.42. The third-order valence-electron chi connectivity index (χ3n) is 10.3. The molecular weight excluding hydrogens is 679 g/mol. The zero-order valence-corrected chi connectivity index (χ0v) is 29.6. The van der Waals surface area contributed by atoms with Gasteiger partial charge < -0.3 is 9.32 Å². The number of fused-ring (bicyclic) bond motifs is 7. The standard InChI is InChI=1S/C54H35NO/c1-3-13-44-38(10-1)12-7-16-45(44)41-28-33-43(34-29-41)55(51-19-9-21-53-54(51)50-15-5-6-20-52(50)56-53)42-31-26-37(27-32-42)36-22-24-40(25-23-36)47-17-8-18-48-46-14-4-2-11-39(46)30-35-49(47)48/h1-35H/i22D,23D,24D,25D,26D,27D,28D,29D,31D,32D,33D,34D. The van der Waals surface area contributed by atoms with Gasteiger partial charge in [-0.1, -0.05) is 170 Å². The van der Waals surface area contributed by atoms with Crippen molar-refractivity contribution in [3.63, 3.8) is 0 Å². The summed E-state index contributed by atoms with van der Waals surface area (Å²) in [5, 5.41) is 6.06. The summed E-state index contributed by atoms with van der Waals surface area (Å²) < 4.78 is 120. The SMILES string of the molecule is [2H]c1c([2H])c(-c2cccc3c2ccc2ccccc23)c([2H])c([2H])c1-c1c([2H])c([2H])c(N(c2c([2H])c([2H])c(-c3cccc4ccccc34)c([2H])c2[2H])c2cccc3oc4ccccc4c23)c([2H])c1[2H].